The number of aliphatic hydroxyl groups excluding tert-OH is 1. The van der Waals surface area contributed by atoms with Crippen molar-refractivity contribution in [2.75, 3.05) is 39.6 Å². The van der Waals surface area contributed by atoms with Crippen LogP contribution in [0.15, 0.2) is 0 Å². The standard InChI is InChI=1S/C77H150O17P2/c1-7-11-13-15-17-19-20-21-26-30-33-37-41-48-54-60-75(80)88-65-72(93-76(81)61-55-49-42-38-34-31-28-25-23-22-24-27-29-32-36-39-45-51-57-69(5)9-3)67-91-95(83,84)89-63-71(78)64-90-96(85,86)92-68-73(66-87-74(79)59-53-47-40-35-18-16-14-12-8-2)94-77(82)62-56-50-44-43-46-52-58-70(6)10-4/h69-73,78H,7-68H2,1-6H3,(H,83,84)(H,85,86)/t69?,70?,71-,72-,73-/m1/s1. The summed E-state index contributed by atoms with van der Waals surface area (Å²) < 4.78 is 68.5. The van der Waals surface area contributed by atoms with E-state index in [-0.39, 0.29) is 25.7 Å². The molecular formula is C77H150O17P2. The molecule has 0 aliphatic heterocycles. The van der Waals surface area contributed by atoms with Crippen LogP contribution >= 0.6 is 15.6 Å². The van der Waals surface area contributed by atoms with E-state index in [4.69, 9.17) is 37.0 Å². The fourth-order valence-electron chi connectivity index (χ4n) is 11.8. The smallest absolute Gasteiger partial charge is 0.462 e. The van der Waals surface area contributed by atoms with Gasteiger partial charge in [-0.1, -0.05) is 350 Å². The molecule has 570 valence electrons. The Balaban J connectivity index is 5.18. The van der Waals surface area contributed by atoms with E-state index in [1.165, 1.54) is 218 Å². The Morgan fingerprint density at radius 2 is 0.500 bits per heavy atom. The van der Waals surface area contributed by atoms with Crippen LogP contribution in [0, 0.1) is 11.8 Å². The molecule has 0 aromatic rings. The molecule has 0 heterocycles. The van der Waals surface area contributed by atoms with Gasteiger partial charge in [0, 0.05) is 25.7 Å². The molecule has 0 saturated carbocycles. The second-order valence-corrected chi connectivity index (χ2v) is 31.1. The normalized spacial score (nSPS) is 14.6. The summed E-state index contributed by atoms with van der Waals surface area (Å²) in [5, 5.41) is 10.6. The molecule has 3 N–H and O–H groups in total. The number of carbonyl (C=O) groups is 4. The number of rotatable bonds is 76. The van der Waals surface area contributed by atoms with Crippen molar-refractivity contribution in [3.05, 3.63) is 0 Å². The third kappa shape index (κ3) is 67.9. The van der Waals surface area contributed by atoms with Crippen molar-refractivity contribution in [2.24, 2.45) is 11.8 Å². The van der Waals surface area contributed by atoms with Crippen LogP contribution in [0.4, 0.5) is 0 Å². The van der Waals surface area contributed by atoms with Crippen molar-refractivity contribution < 1.29 is 80.2 Å². The monoisotopic (exact) mass is 1410 g/mol. The van der Waals surface area contributed by atoms with Crippen LogP contribution in [0.2, 0.25) is 0 Å². The van der Waals surface area contributed by atoms with Crippen LogP contribution in [0.1, 0.15) is 401 Å². The zero-order valence-corrected chi connectivity index (χ0v) is 64.5. The number of phosphoric acid groups is 2. The fourth-order valence-corrected chi connectivity index (χ4v) is 13.3. The first-order chi connectivity index (χ1) is 46.4. The molecule has 0 saturated heterocycles. The van der Waals surface area contributed by atoms with E-state index in [1.54, 1.807) is 0 Å². The van der Waals surface area contributed by atoms with E-state index in [2.05, 4.69) is 41.5 Å². The second kappa shape index (κ2) is 68.8. The highest BCUT2D eigenvalue weighted by Gasteiger charge is 2.30. The Bertz CT molecular complexity index is 1860. The predicted molar refractivity (Wildman–Crippen MR) is 391 cm³/mol. The number of ether oxygens (including phenoxy) is 4. The summed E-state index contributed by atoms with van der Waals surface area (Å²) in [5.74, 6) is -0.527. The molecule has 7 atom stereocenters. The molecule has 17 nitrogen and oxygen atoms in total. The third-order valence-corrected chi connectivity index (χ3v) is 20.6. The highest BCUT2D eigenvalue weighted by Crippen LogP contribution is 2.45. The number of esters is 4. The zero-order chi connectivity index (χ0) is 70.7. The average Bonchev–Trinajstić information content (AvgIpc) is 2.44. The molecule has 96 heavy (non-hydrogen) atoms. The molecule has 19 heteroatoms. The van der Waals surface area contributed by atoms with Gasteiger partial charge >= 0.3 is 39.5 Å². The Kier molecular flexibility index (Phi) is 67.4. The zero-order valence-electron chi connectivity index (χ0n) is 62.7. The summed E-state index contributed by atoms with van der Waals surface area (Å²) >= 11 is 0. The molecule has 0 aliphatic carbocycles. The van der Waals surface area contributed by atoms with Crippen molar-refractivity contribution in [3.8, 4) is 0 Å². The van der Waals surface area contributed by atoms with E-state index >= 15 is 0 Å². The Hall–Kier alpha value is -1.94. The first-order valence-corrected chi connectivity index (χ1v) is 43.1. The molecule has 4 unspecified atom stereocenters. The van der Waals surface area contributed by atoms with Gasteiger partial charge in [0.05, 0.1) is 26.4 Å². The van der Waals surface area contributed by atoms with Gasteiger partial charge in [0.2, 0.25) is 0 Å². The Labute approximate surface area is 588 Å². The maximum absolute atomic E-state index is 13.1. The summed E-state index contributed by atoms with van der Waals surface area (Å²) in [6.45, 7) is 9.60. The van der Waals surface area contributed by atoms with Crippen LogP contribution in [-0.4, -0.2) is 96.7 Å². The highest BCUT2D eigenvalue weighted by molar-refractivity contribution is 7.47. The second-order valence-electron chi connectivity index (χ2n) is 28.2. The van der Waals surface area contributed by atoms with Crippen LogP contribution in [0.5, 0.6) is 0 Å². The summed E-state index contributed by atoms with van der Waals surface area (Å²) in [5.41, 5.74) is 0. The Morgan fingerprint density at radius 1 is 0.292 bits per heavy atom. The molecule has 0 amide bonds. The number of hydrogen-bond donors (Lipinski definition) is 3. The molecule has 0 aliphatic rings. The van der Waals surface area contributed by atoms with E-state index in [1.807, 2.05) is 0 Å². The van der Waals surface area contributed by atoms with Gasteiger partial charge in [-0.15, -0.1) is 0 Å². The lowest BCUT2D eigenvalue weighted by Crippen LogP contribution is -2.30. The maximum atomic E-state index is 13.1. The van der Waals surface area contributed by atoms with Crippen LogP contribution in [0.3, 0.4) is 0 Å². The van der Waals surface area contributed by atoms with Crippen molar-refractivity contribution in [2.45, 2.75) is 419 Å². The molecule has 0 spiro atoms. The SMILES string of the molecule is CCCCCCCCCCCCCCCCCC(=O)OC[C@H](COP(=O)(O)OC[C@@H](O)COP(=O)(O)OC[C@@H](COC(=O)CCCCCCCCCCC)OC(=O)CCCCCCCCC(C)CC)OC(=O)CCCCCCCCCCCCCCCCCCCCC(C)CC. The minimum Gasteiger partial charge on any atom is -0.462 e. The van der Waals surface area contributed by atoms with Crippen LogP contribution < -0.4 is 0 Å². The summed E-state index contributed by atoms with van der Waals surface area (Å²) in [7, 11) is -9.91. The minimum atomic E-state index is -4.96. The summed E-state index contributed by atoms with van der Waals surface area (Å²) in [4.78, 5) is 72.7. The molecule has 0 rings (SSSR count). The van der Waals surface area contributed by atoms with E-state index < -0.39 is 97.5 Å². The predicted octanol–water partition coefficient (Wildman–Crippen LogP) is 22.7. The van der Waals surface area contributed by atoms with Crippen molar-refractivity contribution >= 4 is 39.5 Å². The number of unbranched alkanes of at least 4 members (excludes halogenated alkanes) is 44. The van der Waals surface area contributed by atoms with Gasteiger partial charge in [0.1, 0.15) is 19.3 Å². The molecule has 0 bridgehead atoms. The van der Waals surface area contributed by atoms with E-state index in [0.29, 0.717) is 25.7 Å². The molecule has 0 aromatic carbocycles. The molecule has 0 aromatic heterocycles. The molecular weight excluding hydrogens is 1260 g/mol. The van der Waals surface area contributed by atoms with Gasteiger partial charge in [-0.2, -0.15) is 0 Å². The first-order valence-electron chi connectivity index (χ1n) is 40.1. The maximum Gasteiger partial charge on any atom is 0.472 e. The van der Waals surface area contributed by atoms with Crippen molar-refractivity contribution in [1.82, 2.24) is 0 Å². The van der Waals surface area contributed by atoms with Crippen LogP contribution in [0.25, 0.3) is 0 Å². The Morgan fingerprint density at radius 3 is 0.740 bits per heavy atom. The van der Waals surface area contributed by atoms with Gasteiger partial charge in [0.15, 0.2) is 12.2 Å². The number of carbonyl (C=O) groups excluding carboxylic acids is 4. The van der Waals surface area contributed by atoms with Crippen molar-refractivity contribution in [1.29, 1.82) is 0 Å². The fraction of sp³-hybridized carbons (Fsp3) is 0.948. The van der Waals surface area contributed by atoms with E-state index in [0.717, 1.165) is 102 Å². The number of hydrogen-bond acceptors (Lipinski definition) is 15. The third-order valence-electron chi connectivity index (χ3n) is 18.7. The summed E-state index contributed by atoms with van der Waals surface area (Å²) in [6.07, 6.45) is 57.0. The van der Waals surface area contributed by atoms with Gasteiger partial charge < -0.3 is 33.8 Å². The van der Waals surface area contributed by atoms with E-state index in [9.17, 15) is 43.2 Å². The summed E-state index contributed by atoms with van der Waals surface area (Å²) in [6, 6.07) is 0. The largest absolute Gasteiger partial charge is 0.472 e. The first kappa shape index (κ1) is 94.1. The quantitative estimate of drug-likeness (QED) is 0.0222. The van der Waals surface area contributed by atoms with Crippen molar-refractivity contribution in [3.63, 3.8) is 0 Å². The lowest BCUT2D eigenvalue weighted by Gasteiger charge is -2.21. The van der Waals surface area contributed by atoms with Crippen LogP contribution in [-0.2, 0) is 65.4 Å². The molecule has 0 radical (unpaired) electrons. The van der Waals surface area contributed by atoms with Gasteiger partial charge in [-0.25, -0.2) is 9.13 Å². The molecule has 0 fully saturated rings. The van der Waals surface area contributed by atoms with Gasteiger partial charge in [-0.05, 0) is 37.5 Å². The van der Waals surface area contributed by atoms with Gasteiger partial charge in [0.25, 0.3) is 0 Å². The van der Waals surface area contributed by atoms with Gasteiger partial charge in [-0.3, -0.25) is 37.3 Å². The lowest BCUT2D eigenvalue weighted by molar-refractivity contribution is -0.161. The minimum absolute atomic E-state index is 0.103. The number of phosphoric ester groups is 2. The lowest BCUT2D eigenvalue weighted by atomic mass is 9.99. The average molecular weight is 1410 g/mol. The topological polar surface area (TPSA) is 237 Å². The highest BCUT2D eigenvalue weighted by atomic mass is 31.2. The number of aliphatic hydroxyl groups is 1.